The number of aromatic nitrogens is 2. The summed E-state index contributed by atoms with van der Waals surface area (Å²) in [5.41, 5.74) is 0.821. The number of thiazole rings is 1. The Labute approximate surface area is 149 Å². The minimum absolute atomic E-state index is 0.00624. The van der Waals surface area contributed by atoms with Crippen LogP contribution in [0, 0.1) is 0 Å². The zero-order valence-electron chi connectivity index (χ0n) is 13.8. The van der Waals surface area contributed by atoms with Crippen LogP contribution in [0.5, 0.6) is 0 Å². The highest BCUT2D eigenvalue weighted by Gasteiger charge is 2.13. The first-order valence-corrected chi connectivity index (χ1v) is 8.94. The van der Waals surface area contributed by atoms with E-state index in [9.17, 15) is 9.59 Å². The van der Waals surface area contributed by atoms with Gasteiger partial charge >= 0.3 is 0 Å². The van der Waals surface area contributed by atoms with Gasteiger partial charge in [-0.1, -0.05) is 30.3 Å². The second-order valence-corrected chi connectivity index (χ2v) is 6.44. The van der Waals surface area contributed by atoms with E-state index in [1.165, 1.54) is 21.9 Å². The zero-order valence-corrected chi connectivity index (χ0v) is 14.7. The summed E-state index contributed by atoms with van der Waals surface area (Å²) in [7, 11) is 0. The Balaban J connectivity index is 1.46. The van der Waals surface area contributed by atoms with Crippen LogP contribution in [-0.4, -0.2) is 28.4 Å². The minimum atomic E-state index is -0.408. The molecule has 3 aromatic rings. The van der Waals surface area contributed by atoms with Gasteiger partial charge in [-0.25, -0.2) is 4.98 Å². The highest BCUT2D eigenvalue weighted by atomic mass is 32.1. The first-order chi connectivity index (χ1) is 12.2. The van der Waals surface area contributed by atoms with E-state index in [4.69, 9.17) is 4.74 Å². The molecular formula is C18H19N3O3S. The standard InChI is InChI=1S/C18H19N3O3S/c1-13(14-6-3-2-4-7-14)24-10-5-8-19-16(22)15-12-20-18-21(17(15)23)9-11-25-18/h2-4,6-7,9,11-13H,5,8,10H2,1H3,(H,19,22). The summed E-state index contributed by atoms with van der Waals surface area (Å²) in [5, 5.41) is 4.50. The molecule has 0 spiro atoms. The van der Waals surface area contributed by atoms with Crippen LogP contribution in [0.15, 0.2) is 52.9 Å². The van der Waals surface area contributed by atoms with E-state index in [2.05, 4.69) is 10.3 Å². The number of hydrogen-bond acceptors (Lipinski definition) is 5. The molecule has 0 saturated carbocycles. The molecule has 0 saturated heterocycles. The molecule has 0 fully saturated rings. The van der Waals surface area contributed by atoms with Crippen molar-refractivity contribution in [2.24, 2.45) is 0 Å². The second-order valence-electron chi connectivity index (χ2n) is 5.57. The van der Waals surface area contributed by atoms with Gasteiger partial charge in [-0.2, -0.15) is 0 Å². The summed E-state index contributed by atoms with van der Waals surface area (Å²) < 4.78 is 7.14. The fraction of sp³-hybridized carbons (Fsp3) is 0.278. The Morgan fingerprint density at radius 3 is 2.96 bits per heavy atom. The number of carbonyl (C=O) groups is 1. The number of amides is 1. The molecule has 1 unspecified atom stereocenters. The Morgan fingerprint density at radius 1 is 1.36 bits per heavy atom. The summed E-state index contributed by atoms with van der Waals surface area (Å²) in [4.78, 5) is 29.1. The van der Waals surface area contributed by atoms with E-state index in [1.54, 1.807) is 11.6 Å². The van der Waals surface area contributed by atoms with Crippen LogP contribution < -0.4 is 10.9 Å². The van der Waals surface area contributed by atoms with E-state index < -0.39 is 5.91 Å². The Kier molecular flexibility index (Phi) is 5.57. The summed E-state index contributed by atoms with van der Waals surface area (Å²) in [6.07, 6.45) is 3.62. The van der Waals surface area contributed by atoms with E-state index in [1.807, 2.05) is 37.3 Å². The van der Waals surface area contributed by atoms with Crippen LogP contribution in [0.2, 0.25) is 0 Å². The van der Waals surface area contributed by atoms with Gasteiger partial charge in [0.05, 0.1) is 6.10 Å². The lowest BCUT2D eigenvalue weighted by Crippen LogP contribution is -2.32. The number of nitrogens with zero attached hydrogens (tertiary/aromatic N) is 2. The molecule has 0 radical (unpaired) electrons. The highest BCUT2D eigenvalue weighted by Crippen LogP contribution is 2.15. The maximum Gasteiger partial charge on any atom is 0.271 e. The zero-order chi connectivity index (χ0) is 17.6. The summed E-state index contributed by atoms with van der Waals surface area (Å²) >= 11 is 1.35. The third-order valence-electron chi connectivity index (χ3n) is 3.83. The van der Waals surface area contributed by atoms with Gasteiger partial charge in [0.25, 0.3) is 11.5 Å². The van der Waals surface area contributed by atoms with Crippen LogP contribution in [0.1, 0.15) is 35.4 Å². The van der Waals surface area contributed by atoms with Crippen LogP contribution in [-0.2, 0) is 4.74 Å². The molecule has 0 aliphatic heterocycles. The van der Waals surface area contributed by atoms with Crippen LogP contribution >= 0.6 is 11.3 Å². The van der Waals surface area contributed by atoms with E-state index in [0.717, 1.165) is 5.56 Å². The topological polar surface area (TPSA) is 72.7 Å². The summed E-state index contributed by atoms with van der Waals surface area (Å²) in [6, 6.07) is 9.97. The van der Waals surface area contributed by atoms with Crippen molar-refractivity contribution in [3.8, 4) is 0 Å². The van der Waals surface area contributed by atoms with Crippen molar-refractivity contribution in [1.82, 2.24) is 14.7 Å². The average Bonchev–Trinajstić information content (AvgIpc) is 3.12. The average molecular weight is 357 g/mol. The first-order valence-electron chi connectivity index (χ1n) is 8.06. The van der Waals surface area contributed by atoms with Gasteiger partial charge in [-0.3, -0.25) is 14.0 Å². The Morgan fingerprint density at radius 2 is 2.16 bits per heavy atom. The molecule has 0 aliphatic carbocycles. The molecule has 1 amide bonds. The molecule has 130 valence electrons. The molecular weight excluding hydrogens is 338 g/mol. The van der Waals surface area contributed by atoms with E-state index in [0.29, 0.717) is 24.5 Å². The molecule has 6 nitrogen and oxygen atoms in total. The molecule has 1 N–H and O–H groups in total. The van der Waals surface area contributed by atoms with Crippen molar-refractivity contribution in [3.05, 3.63) is 69.6 Å². The van der Waals surface area contributed by atoms with Crippen molar-refractivity contribution in [3.63, 3.8) is 0 Å². The lowest BCUT2D eigenvalue weighted by Gasteiger charge is -2.13. The first kappa shape index (κ1) is 17.3. The van der Waals surface area contributed by atoms with Gasteiger partial charge in [-0.15, -0.1) is 11.3 Å². The third-order valence-corrected chi connectivity index (χ3v) is 4.60. The minimum Gasteiger partial charge on any atom is -0.374 e. The highest BCUT2D eigenvalue weighted by molar-refractivity contribution is 7.15. The van der Waals surface area contributed by atoms with Gasteiger partial charge in [0.2, 0.25) is 0 Å². The number of fused-ring (bicyclic) bond motifs is 1. The molecule has 1 atom stereocenters. The Bertz CT molecular complexity index is 905. The SMILES string of the molecule is CC(OCCCNC(=O)c1cnc2sccn2c1=O)c1ccccc1. The van der Waals surface area contributed by atoms with Crippen molar-refractivity contribution < 1.29 is 9.53 Å². The molecule has 25 heavy (non-hydrogen) atoms. The molecule has 1 aromatic carbocycles. The molecule has 0 bridgehead atoms. The number of rotatable bonds is 7. The number of hydrogen-bond donors (Lipinski definition) is 1. The predicted octanol–water partition coefficient (Wildman–Crippen LogP) is 2.65. The maximum atomic E-state index is 12.2. The van der Waals surface area contributed by atoms with Crippen molar-refractivity contribution in [2.45, 2.75) is 19.4 Å². The lowest BCUT2D eigenvalue weighted by atomic mass is 10.1. The van der Waals surface area contributed by atoms with Crippen molar-refractivity contribution in [2.75, 3.05) is 13.2 Å². The van der Waals surface area contributed by atoms with Gasteiger partial charge in [-0.05, 0) is 18.9 Å². The molecule has 7 heteroatoms. The van der Waals surface area contributed by atoms with Gasteiger partial charge in [0.1, 0.15) is 5.56 Å². The molecule has 2 aromatic heterocycles. The third kappa shape index (κ3) is 4.12. The normalized spacial score (nSPS) is 12.2. The smallest absolute Gasteiger partial charge is 0.271 e. The predicted molar refractivity (Wildman–Crippen MR) is 97.1 cm³/mol. The maximum absolute atomic E-state index is 12.2. The second kappa shape index (κ2) is 8.04. The molecule has 2 heterocycles. The summed E-state index contributed by atoms with van der Waals surface area (Å²) in [6.45, 7) is 2.96. The number of carbonyl (C=O) groups excluding carboxylic acids is 1. The van der Waals surface area contributed by atoms with Crippen LogP contribution in [0.3, 0.4) is 0 Å². The van der Waals surface area contributed by atoms with E-state index in [-0.39, 0.29) is 17.2 Å². The van der Waals surface area contributed by atoms with Gasteiger partial charge in [0.15, 0.2) is 4.96 Å². The lowest BCUT2D eigenvalue weighted by molar-refractivity contribution is 0.0635. The van der Waals surface area contributed by atoms with Crippen molar-refractivity contribution in [1.29, 1.82) is 0 Å². The number of ether oxygens (including phenoxy) is 1. The molecule has 0 aliphatic rings. The number of benzene rings is 1. The number of nitrogens with one attached hydrogen (secondary N) is 1. The van der Waals surface area contributed by atoms with Crippen LogP contribution in [0.25, 0.3) is 4.96 Å². The fourth-order valence-electron chi connectivity index (χ4n) is 2.43. The fourth-order valence-corrected chi connectivity index (χ4v) is 3.11. The molecule has 3 rings (SSSR count). The summed E-state index contributed by atoms with van der Waals surface area (Å²) in [5.74, 6) is -0.408. The van der Waals surface area contributed by atoms with Gasteiger partial charge < -0.3 is 10.1 Å². The monoisotopic (exact) mass is 357 g/mol. The van der Waals surface area contributed by atoms with Crippen molar-refractivity contribution >= 4 is 22.2 Å². The largest absolute Gasteiger partial charge is 0.374 e. The quantitative estimate of drug-likeness (QED) is 0.660. The van der Waals surface area contributed by atoms with Crippen LogP contribution in [0.4, 0.5) is 0 Å². The Hall–Kier alpha value is -2.51. The van der Waals surface area contributed by atoms with E-state index >= 15 is 0 Å². The van der Waals surface area contributed by atoms with Gasteiger partial charge in [0, 0.05) is 30.9 Å².